The first-order chi connectivity index (χ1) is 12.8. The maximum atomic E-state index is 13.1. The Bertz CT molecular complexity index is 824. The van der Waals surface area contributed by atoms with Crippen molar-refractivity contribution in [2.75, 3.05) is 6.54 Å². The van der Waals surface area contributed by atoms with E-state index < -0.39 is 0 Å². The van der Waals surface area contributed by atoms with Crippen LogP contribution < -0.4 is 0 Å². The molecule has 0 spiro atoms. The molecule has 1 fully saturated rings. The number of carbonyl (C=O) groups excluding carboxylic acids is 1. The molecule has 0 bridgehead atoms. The lowest BCUT2D eigenvalue weighted by Gasteiger charge is -2.36. The summed E-state index contributed by atoms with van der Waals surface area (Å²) in [6.07, 6.45) is 11.7. The molecule has 1 N–H and O–H groups in total. The Morgan fingerprint density at radius 3 is 2.77 bits per heavy atom. The van der Waals surface area contributed by atoms with Gasteiger partial charge in [-0.1, -0.05) is 12.1 Å². The molecule has 3 aromatic rings. The molecule has 0 radical (unpaired) electrons. The highest BCUT2D eigenvalue weighted by molar-refractivity contribution is 5.95. The van der Waals surface area contributed by atoms with Crippen LogP contribution in [0.5, 0.6) is 0 Å². The van der Waals surface area contributed by atoms with Gasteiger partial charge in [0.15, 0.2) is 0 Å². The average molecular weight is 349 g/mol. The van der Waals surface area contributed by atoms with Gasteiger partial charge >= 0.3 is 0 Å². The topological polar surface area (TPSA) is 66.8 Å². The summed E-state index contributed by atoms with van der Waals surface area (Å²) < 4.78 is 2.08. The lowest BCUT2D eigenvalue weighted by Crippen LogP contribution is -2.44. The Hall–Kier alpha value is -2.89. The smallest absolute Gasteiger partial charge is 0.254 e. The van der Waals surface area contributed by atoms with Gasteiger partial charge in [-0.25, -0.2) is 4.98 Å². The van der Waals surface area contributed by atoms with Crippen LogP contribution in [0.4, 0.5) is 0 Å². The lowest BCUT2D eigenvalue weighted by molar-refractivity contribution is 0.0595. The second-order valence-corrected chi connectivity index (χ2v) is 6.79. The van der Waals surface area contributed by atoms with Crippen molar-refractivity contribution in [3.8, 4) is 11.3 Å². The minimum atomic E-state index is 0.136. The van der Waals surface area contributed by atoms with E-state index in [0.717, 1.165) is 49.2 Å². The first-order valence-corrected chi connectivity index (χ1v) is 9.18. The molecule has 134 valence electrons. The predicted molar refractivity (Wildman–Crippen MR) is 99.5 cm³/mol. The van der Waals surface area contributed by atoms with Crippen molar-refractivity contribution in [1.82, 2.24) is 24.6 Å². The first-order valence-electron chi connectivity index (χ1n) is 9.18. The fourth-order valence-electron chi connectivity index (χ4n) is 3.66. The van der Waals surface area contributed by atoms with Crippen molar-refractivity contribution in [2.24, 2.45) is 0 Å². The van der Waals surface area contributed by atoms with Gasteiger partial charge in [0.25, 0.3) is 5.91 Å². The molecule has 0 saturated carbocycles. The largest absolute Gasteiger partial charge is 0.337 e. The molecule has 6 nitrogen and oxygen atoms in total. The monoisotopic (exact) mass is 349 g/mol. The Kier molecular flexibility index (Phi) is 4.82. The average Bonchev–Trinajstić information content (AvgIpc) is 3.40. The van der Waals surface area contributed by atoms with E-state index >= 15 is 0 Å². The van der Waals surface area contributed by atoms with Crippen LogP contribution >= 0.6 is 0 Å². The predicted octanol–water partition coefficient (Wildman–Crippen LogP) is 3.36. The molecule has 3 heterocycles. The SMILES string of the molecule is O=C(c1ccc(-c2ccn[nH]2)cc1)N1CCCC[C@@H]1CCn1ccnc1. The van der Waals surface area contributed by atoms with Crippen LogP contribution in [0, 0.1) is 0 Å². The van der Waals surface area contributed by atoms with Gasteiger partial charge in [-0.3, -0.25) is 9.89 Å². The third-order valence-corrected chi connectivity index (χ3v) is 5.11. The van der Waals surface area contributed by atoms with Crippen LogP contribution in [-0.2, 0) is 6.54 Å². The van der Waals surface area contributed by atoms with Gasteiger partial charge in [0.2, 0.25) is 0 Å². The second-order valence-electron chi connectivity index (χ2n) is 6.79. The number of aryl methyl sites for hydroxylation is 1. The first kappa shape index (κ1) is 16.6. The molecule has 26 heavy (non-hydrogen) atoms. The zero-order chi connectivity index (χ0) is 17.8. The number of piperidine rings is 1. The number of nitrogens with zero attached hydrogens (tertiary/aromatic N) is 4. The molecule has 2 aromatic heterocycles. The number of aromatic amines is 1. The van der Waals surface area contributed by atoms with E-state index in [1.54, 1.807) is 12.4 Å². The normalized spacial score (nSPS) is 17.4. The molecule has 6 heteroatoms. The molecule has 1 atom stereocenters. The van der Waals surface area contributed by atoms with Crippen molar-refractivity contribution >= 4 is 5.91 Å². The van der Waals surface area contributed by atoms with E-state index in [0.29, 0.717) is 6.04 Å². The zero-order valence-corrected chi connectivity index (χ0v) is 14.7. The molecule has 0 unspecified atom stereocenters. The Labute approximate surface area is 152 Å². The number of aromatic nitrogens is 4. The van der Waals surface area contributed by atoms with Gasteiger partial charge in [-0.15, -0.1) is 0 Å². The number of hydrogen-bond acceptors (Lipinski definition) is 3. The summed E-state index contributed by atoms with van der Waals surface area (Å²) in [5.74, 6) is 0.136. The van der Waals surface area contributed by atoms with Crippen molar-refractivity contribution < 1.29 is 4.79 Å². The molecule has 1 amide bonds. The van der Waals surface area contributed by atoms with E-state index in [2.05, 4.69) is 24.6 Å². The van der Waals surface area contributed by atoms with Crippen LogP contribution in [0.2, 0.25) is 0 Å². The zero-order valence-electron chi connectivity index (χ0n) is 14.7. The van der Waals surface area contributed by atoms with E-state index in [9.17, 15) is 4.79 Å². The number of benzene rings is 1. The minimum absolute atomic E-state index is 0.136. The highest BCUT2D eigenvalue weighted by Crippen LogP contribution is 2.24. The fourth-order valence-corrected chi connectivity index (χ4v) is 3.66. The van der Waals surface area contributed by atoms with Crippen LogP contribution in [0.1, 0.15) is 36.0 Å². The van der Waals surface area contributed by atoms with Gasteiger partial charge < -0.3 is 9.47 Å². The number of carbonyl (C=O) groups is 1. The van der Waals surface area contributed by atoms with Gasteiger partial charge in [-0.05, 0) is 49.4 Å². The summed E-state index contributed by atoms with van der Waals surface area (Å²) >= 11 is 0. The summed E-state index contributed by atoms with van der Waals surface area (Å²) in [6.45, 7) is 1.74. The van der Waals surface area contributed by atoms with E-state index in [1.165, 1.54) is 6.42 Å². The van der Waals surface area contributed by atoms with Gasteiger partial charge in [0.05, 0.1) is 12.0 Å². The van der Waals surface area contributed by atoms with Crippen LogP contribution in [0.25, 0.3) is 11.3 Å². The summed E-state index contributed by atoms with van der Waals surface area (Å²) in [5.41, 5.74) is 2.75. The van der Waals surface area contributed by atoms with Crippen molar-refractivity contribution in [2.45, 2.75) is 38.3 Å². The van der Waals surface area contributed by atoms with Crippen molar-refractivity contribution in [3.63, 3.8) is 0 Å². The molecule has 0 aliphatic carbocycles. The molecule has 1 aromatic carbocycles. The Morgan fingerprint density at radius 2 is 2.04 bits per heavy atom. The van der Waals surface area contributed by atoms with Gasteiger partial charge in [0, 0.05) is 43.3 Å². The summed E-state index contributed by atoms with van der Waals surface area (Å²) in [6, 6.07) is 10.0. The summed E-state index contributed by atoms with van der Waals surface area (Å²) in [7, 11) is 0. The third-order valence-electron chi connectivity index (χ3n) is 5.11. The number of likely N-dealkylation sites (tertiary alicyclic amines) is 1. The minimum Gasteiger partial charge on any atom is -0.337 e. The molecular formula is C20H23N5O. The summed E-state index contributed by atoms with van der Waals surface area (Å²) in [5, 5.41) is 6.92. The van der Waals surface area contributed by atoms with Crippen LogP contribution in [0.15, 0.2) is 55.2 Å². The standard InChI is InChI=1S/C20H23N5O/c26-20(17-6-4-16(5-7-17)19-8-10-22-23-19)25-12-2-1-3-18(25)9-13-24-14-11-21-15-24/h4-8,10-11,14-15,18H,1-3,9,12-13H2,(H,22,23)/t18-/m1/s1. The number of hydrogen-bond donors (Lipinski definition) is 1. The van der Waals surface area contributed by atoms with Crippen LogP contribution in [0.3, 0.4) is 0 Å². The van der Waals surface area contributed by atoms with Crippen molar-refractivity contribution in [3.05, 3.63) is 60.8 Å². The van der Waals surface area contributed by atoms with E-state index in [-0.39, 0.29) is 5.91 Å². The van der Waals surface area contributed by atoms with Crippen LogP contribution in [-0.4, -0.2) is 43.1 Å². The number of nitrogens with one attached hydrogen (secondary N) is 1. The second kappa shape index (κ2) is 7.56. The fraction of sp³-hybridized carbons (Fsp3) is 0.350. The van der Waals surface area contributed by atoms with Gasteiger partial charge in [0.1, 0.15) is 0 Å². The highest BCUT2D eigenvalue weighted by atomic mass is 16.2. The molecule has 1 aliphatic heterocycles. The third kappa shape index (κ3) is 3.54. The number of rotatable bonds is 5. The number of amides is 1. The maximum Gasteiger partial charge on any atom is 0.254 e. The van der Waals surface area contributed by atoms with Crippen molar-refractivity contribution in [1.29, 1.82) is 0 Å². The molecular weight excluding hydrogens is 326 g/mol. The molecule has 4 rings (SSSR count). The molecule has 1 saturated heterocycles. The number of H-pyrrole nitrogens is 1. The van der Waals surface area contributed by atoms with E-state index in [1.807, 2.05) is 42.9 Å². The Morgan fingerprint density at radius 1 is 1.15 bits per heavy atom. The lowest BCUT2D eigenvalue weighted by atomic mass is 9.97. The maximum absolute atomic E-state index is 13.1. The molecule has 1 aliphatic rings. The van der Waals surface area contributed by atoms with Gasteiger partial charge in [-0.2, -0.15) is 5.10 Å². The number of imidazole rings is 1. The Balaban J connectivity index is 1.46. The quantitative estimate of drug-likeness (QED) is 0.768. The summed E-state index contributed by atoms with van der Waals surface area (Å²) in [4.78, 5) is 19.2. The highest BCUT2D eigenvalue weighted by Gasteiger charge is 2.27. The van der Waals surface area contributed by atoms with E-state index in [4.69, 9.17) is 0 Å².